The third kappa shape index (κ3) is 2.98. The van der Waals surface area contributed by atoms with Crippen LogP contribution in [0, 0.1) is 6.92 Å². The molecule has 0 aliphatic carbocycles. The second kappa shape index (κ2) is 5.34. The van der Waals surface area contributed by atoms with Crippen molar-refractivity contribution >= 4 is 15.7 Å². The monoisotopic (exact) mass is 241 g/mol. The highest BCUT2D eigenvalue weighted by atomic mass is 32.2. The maximum Gasteiger partial charge on any atom is 0.235 e. The van der Waals surface area contributed by atoms with Gasteiger partial charge in [-0.2, -0.15) is 0 Å². The van der Waals surface area contributed by atoms with Crippen molar-refractivity contribution in [3.63, 3.8) is 0 Å². The standard InChI is InChI=1S/C12H19NO2S/c1-4-10-16(14,15)13(5-2)12-8-6-11(3)7-9-12/h6-9H,4-5,10H2,1-3H3. The van der Waals surface area contributed by atoms with Gasteiger partial charge in [-0.05, 0) is 32.4 Å². The molecule has 3 nitrogen and oxygen atoms in total. The van der Waals surface area contributed by atoms with Gasteiger partial charge in [-0.15, -0.1) is 0 Å². The normalized spacial score (nSPS) is 11.4. The second-order valence-corrected chi connectivity index (χ2v) is 5.83. The Labute approximate surface area is 98.1 Å². The average Bonchev–Trinajstić information content (AvgIpc) is 2.21. The van der Waals surface area contributed by atoms with Gasteiger partial charge in [-0.25, -0.2) is 8.42 Å². The highest BCUT2D eigenvalue weighted by Gasteiger charge is 2.19. The summed E-state index contributed by atoms with van der Waals surface area (Å²) in [5.74, 6) is 0.203. The van der Waals surface area contributed by atoms with Crippen molar-refractivity contribution in [2.75, 3.05) is 16.6 Å². The first-order chi connectivity index (χ1) is 7.51. The number of anilines is 1. The van der Waals surface area contributed by atoms with Gasteiger partial charge in [-0.1, -0.05) is 24.6 Å². The summed E-state index contributed by atoms with van der Waals surface area (Å²) in [6, 6.07) is 7.57. The van der Waals surface area contributed by atoms with Crippen LogP contribution in [0.5, 0.6) is 0 Å². The Hall–Kier alpha value is -1.03. The fourth-order valence-electron chi connectivity index (χ4n) is 1.62. The Morgan fingerprint density at radius 1 is 1.12 bits per heavy atom. The van der Waals surface area contributed by atoms with Crippen LogP contribution in [0.25, 0.3) is 0 Å². The summed E-state index contributed by atoms with van der Waals surface area (Å²) in [5, 5.41) is 0. The van der Waals surface area contributed by atoms with Gasteiger partial charge in [0.05, 0.1) is 11.4 Å². The van der Waals surface area contributed by atoms with Crippen LogP contribution >= 0.6 is 0 Å². The van der Waals surface area contributed by atoms with Gasteiger partial charge in [0.25, 0.3) is 0 Å². The summed E-state index contributed by atoms with van der Waals surface area (Å²) in [7, 11) is -3.16. The Bertz CT molecular complexity index is 423. The summed E-state index contributed by atoms with van der Waals surface area (Å²) in [5.41, 5.74) is 1.88. The fraction of sp³-hybridized carbons (Fsp3) is 0.500. The largest absolute Gasteiger partial charge is 0.271 e. The minimum absolute atomic E-state index is 0.203. The molecule has 0 saturated carbocycles. The number of nitrogens with zero attached hydrogens (tertiary/aromatic N) is 1. The Kier molecular flexibility index (Phi) is 4.35. The van der Waals surface area contributed by atoms with E-state index in [1.165, 1.54) is 4.31 Å². The van der Waals surface area contributed by atoms with E-state index in [0.29, 0.717) is 13.0 Å². The predicted molar refractivity (Wildman–Crippen MR) is 68.3 cm³/mol. The van der Waals surface area contributed by atoms with Crippen LogP contribution in [0.2, 0.25) is 0 Å². The molecule has 90 valence electrons. The molecule has 0 spiro atoms. The summed E-state index contributed by atoms with van der Waals surface area (Å²) in [4.78, 5) is 0. The van der Waals surface area contributed by atoms with Gasteiger partial charge in [0, 0.05) is 6.54 Å². The van der Waals surface area contributed by atoms with Crippen LogP contribution in [0.1, 0.15) is 25.8 Å². The predicted octanol–water partition coefficient (Wildman–Crippen LogP) is 2.56. The van der Waals surface area contributed by atoms with Crippen molar-refractivity contribution in [2.45, 2.75) is 27.2 Å². The number of benzene rings is 1. The lowest BCUT2D eigenvalue weighted by atomic mass is 10.2. The van der Waals surface area contributed by atoms with Crippen LogP contribution in [0.15, 0.2) is 24.3 Å². The molecular weight excluding hydrogens is 222 g/mol. The van der Waals surface area contributed by atoms with E-state index in [2.05, 4.69) is 0 Å². The van der Waals surface area contributed by atoms with Crippen LogP contribution in [-0.4, -0.2) is 20.7 Å². The third-order valence-electron chi connectivity index (χ3n) is 2.41. The van der Waals surface area contributed by atoms with E-state index in [9.17, 15) is 8.42 Å². The van der Waals surface area contributed by atoms with Crippen LogP contribution in [0.4, 0.5) is 5.69 Å². The molecule has 0 atom stereocenters. The van der Waals surface area contributed by atoms with Gasteiger partial charge in [0.1, 0.15) is 0 Å². The lowest BCUT2D eigenvalue weighted by Crippen LogP contribution is -2.32. The van der Waals surface area contributed by atoms with E-state index < -0.39 is 10.0 Å². The molecule has 0 fully saturated rings. The minimum Gasteiger partial charge on any atom is -0.271 e. The first-order valence-electron chi connectivity index (χ1n) is 5.58. The summed E-state index contributed by atoms with van der Waals surface area (Å²) < 4.78 is 25.4. The van der Waals surface area contributed by atoms with Crippen LogP contribution in [-0.2, 0) is 10.0 Å². The molecule has 0 amide bonds. The molecule has 1 aromatic rings. The Morgan fingerprint density at radius 3 is 2.12 bits per heavy atom. The molecule has 0 heterocycles. The van der Waals surface area contributed by atoms with Gasteiger partial charge >= 0.3 is 0 Å². The third-order valence-corrected chi connectivity index (χ3v) is 4.47. The number of hydrogen-bond acceptors (Lipinski definition) is 2. The number of sulfonamides is 1. The molecule has 0 saturated heterocycles. The fourth-order valence-corrected chi connectivity index (χ4v) is 3.19. The first-order valence-corrected chi connectivity index (χ1v) is 7.19. The zero-order valence-corrected chi connectivity index (χ0v) is 10.9. The van der Waals surface area contributed by atoms with E-state index in [4.69, 9.17) is 0 Å². The Morgan fingerprint density at radius 2 is 1.69 bits per heavy atom. The van der Waals surface area contributed by atoms with Gasteiger partial charge in [-0.3, -0.25) is 4.31 Å². The summed E-state index contributed by atoms with van der Waals surface area (Å²) >= 11 is 0. The van der Waals surface area contributed by atoms with Crippen molar-refractivity contribution in [1.29, 1.82) is 0 Å². The van der Waals surface area contributed by atoms with Crippen LogP contribution < -0.4 is 4.31 Å². The van der Waals surface area contributed by atoms with Crippen molar-refractivity contribution < 1.29 is 8.42 Å². The van der Waals surface area contributed by atoms with Gasteiger partial charge in [0.2, 0.25) is 10.0 Å². The first kappa shape index (κ1) is 13.0. The molecule has 16 heavy (non-hydrogen) atoms. The average molecular weight is 241 g/mol. The minimum atomic E-state index is -3.16. The molecule has 0 aliphatic heterocycles. The van der Waals surface area contributed by atoms with E-state index >= 15 is 0 Å². The van der Waals surface area contributed by atoms with E-state index in [1.807, 2.05) is 45.0 Å². The number of rotatable bonds is 5. The molecule has 0 radical (unpaired) electrons. The van der Waals surface area contributed by atoms with Gasteiger partial charge < -0.3 is 0 Å². The quantitative estimate of drug-likeness (QED) is 0.794. The molecule has 0 N–H and O–H groups in total. The molecule has 1 rings (SSSR count). The second-order valence-electron chi connectivity index (χ2n) is 3.82. The lowest BCUT2D eigenvalue weighted by molar-refractivity contribution is 0.590. The topological polar surface area (TPSA) is 37.4 Å². The maximum atomic E-state index is 12.0. The maximum absolute atomic E-state index is 12.0. The van der Waals surface area contributed by atoms with Crippen molar-refractivity contribution in [2.24, 2.45) is 0 Å². The summed E-state index contributed by atoms with van der Waals surface area (Å²) in [6.45, 7) is 6.19. The SMILES string of the molecule is CCCS(=O)(=O)N(CC)c1ccc(C)cc1. The molecule has 0 aromatic heterocycles. The number of hydrogen-bond donors (Lipinski definition) is 0. The molecule has 0 unspecified atom stereocenters. The van der Waals surface area contributed by atoms with E-state index in [-0.39, 0.29) is 5.75 Å². The molecule has 1 aromatic carbocycles. The summed E-state index contributed by atoms with van der Waals surface area (Å²) in [6.07, 6.45) is 0.644. The highest BCUT2D eigenvalue weighted by molar-refractivity contribution is 7.92. The molecule has 0 bridgehead atoms. The van der Waals surface area contributed by atoms with Gasteiger partial charge in [0.15, 0.2) is 0 Å². The van der Waals surface area contributed by atoms with Crippen molar-refractivity contribution in [1.82, 2.24) is 0 Å². The number of aryl methyl sites for hydroxylation is 1. The molecular formula is C12H19NO2S. The molecule has 0 aliphatic rings. The smallest absolute Gasteiger partial charge is 0.235 e. The Balaban J connectivity index is 3.03. The lowest BCUT2D eigenvalue weighted by Gasteiger charge is -2.22. The van der Waals surface area contributed by atoms with Crippen molar-refractivity contribution in [3.8, 4) is 0 Å². The van der Waals surface area contributed by atoms with Crippen molar-refractivity contribution in [3.05, 3.63) is 29.8 Å². The van der Waals surface area contributed by atoms with Crippen LogP contribution in [0.3, 0.4) is 0 Å². The molecule has 4 heteroatoms. The van der Waals surface area contributed by atoms with E-state index in [1.54, 1.807) is 0 Å². The zero-order valence-electron chi connectivity index (χ0n) is 10.1. The highest BCUT2D eigenvalue weighted by Crippen LogP contribution is 2.19. The zero-order chi connectivity index (χ0) is 12.2. The van der Waals surface area contributed by atoms with E-state index in [0.717, 1.165) is 11.3 Å².